The molecule has 0 aromatic heterocycles. The molecule has 2 heteroatoms. The number of benzene rings is 1. The molecule has 1 aromatic rings. The summed E-state index contributed by atoms with van der Waals surface area (Å²) < 4.78 is 5.38. The molecule has 17 heavy (non-hydrogen) atoms. The SMILES string of the molecule is CCOc1cccc(C(=O)C=C(CC)CC)c1. The lowest BCUT2D eigenvalue weighted by Gasteiger charge is -2.04. The molecule has 0 unspecified atom stereocenters. The van der Waals surface area contributed by atoms with E-state index in [1.165, 1.54) is 5.57 Å². The van der Waals surface area contributed by atoms with E-state index in [0.717, 1.165) is 18.6 Å². The van der Waals surface area contributed by atoms with E-state index < -0.39 is 0 Å². The number of rotatable bonds is 6. The van der Waals surface area contributed by atoms with E-state index in [2.05, 4.69) is 13.8 Å². The highest BCUT2D eigenvalue weighted by molar-refractivity contribution is 6.05. The number of ether oxygens (including phenoxy) is 1. The summed E-state index contributed by atoms with van der Waals surface area (Å²) in [5, 5.41) is 0. The standard InChI is InChI=1S/C15H20O2/c1-4-12(5-2)10-15(16)13-8-7-9-14(11-13)17-6-3/h7-11H,4-6H2,1-3H3. The Labute approximate surface area is 103 Å². The van der Waals surface area contributed by atoms with E-state index >= 15 is 0 Å². The smallest absolute Gasteiger partial charge is 0.185 e. The van der Waals surface area contributed by atoms with Gasteiger partial charge in [0.05, 0.1) is 6.61 Å². The largest absolute Gasteiger partial charge is 0.494 e. The van der Waals surface area contributed by atoms with Crippen molar-refractivity contribution in [2.24, 2.45) is 0 Å². The first-order valence-electron chi connectivity index (χ1n) is 6.17. The zero-order chi connectivity index (χ0) is 12.7. The number of hydrogen-bond acceptors (Lipinski definition) is 2. The molecule has 1 rings (SSSR count). The van der Waals surface area contributed by atoms with Crippen LogP contribution in [0.3, 0.4) is 0 Å². The molecule has 0 bridgehead atoms. The number of allylic oxidation sites excluding steroid dienone is 2. The molecular weight excluding hydrogens is 212 g/mol. The van der Waals surface area contributed by atoms with E-state index in [1.54, 1.807) is 12.1 Å². The fraction of sp³-hybridized carbons (Fsp3) is 0.400. The fourth-order valence-corrected chi connectivity index (χ4v) is 1.63. The van der Waals surface area contributed by atoms with Gasteiger partial charge in [0, 0.05) is 5.56 Å². The second-order valence-electron chi connectivity index (χ2n) is 3.83. The Morgan fingerprint density at radius 1 is 1.24 bits per heavy atom. The van der Waals surface area contributed by atoms with Crippen molar-refractivity contribution in [2.75, 3.05) is 6.61 Å². The van der Waals surface area contributed by atoms with Gasteiger partial charge in [0.25, 0.3) is 0 Å². The first-order chi connectivity index (χ1) is 8.21. The van der Waals surface area contributed by atoms with Crippen molar-refractivity contribution in [3.05, 3.63) is 41.5 Å². The summed E-state index contributed by atoms with van der Waals surface area (Å²) in [6.45, 7) is 6.68. The van der Waals surface area contributed by atoms with Crippen molar-refractivity contribution in [2.45, 2.75) is 33.6 Å². The lowest BCUT2D eigenvalue weighted by molar-refractivity contribution is 0.104. The van der Waals surface area contributed by atoms with Gasteiger partial charge in [-0.1, -0.05) is 31.6 Å². The molecule has 0 saturated heterocycles. The Hall–Kier alpha value is -1.57. The van der Waals surface area contributed by atoms with Crippen LogP contribution in [0.4, 0.5) is 0 Å². The molecule has 0 atom stereocenters. The second-order valence-corrected chi connectivity index (χ2v) is 3.83. The Morgan fingerprint density at radius 3 is 2.53 bits per heavy atom. The van der Waals surface area contributed by atoms with E-state index in [0.29, 0.717) is 12.2 Å². The van der Waals surface area contributed by atoms with Crippen molar-refractivity contribution in [1.29, 1.82) is 0 Å². The summed E-state index contributed by atoms with van der Waals surface area (Å²) in [5.41, 5.74) is 1.87. The molecule has 1 aromatic carbocycles. The minimum atomic E-state index is 0.0604. The predicted molar refractivity (Wildman–Crippen MR) is 70.6 cm³/mol. The third-order valence-electron chi connectivity index (χ3n) is 2.67. The van der Waals surface area contributed by atoms with Crippen LogP contribution in [-0.2, 0) is 0 Å². The quantitative estimate of drug-likeness (QED) is 0.547. The van der Waals surface area contributed by atoms with Gasteiger partial charge in [-0.25, -0.2) is 0 Å². The van der Waals surface area contributed by atoms with E-state index in [-0.39, 0.29) is 5.78 Å². The molecule has 2 nitrogen and oxygen atoms in total. The lowest BCUT2D eigenvalue weighted by atomic mass is 10.0. The minimum absolute atomic E-state index is 0.0604. The highest BCUT2D eigenvalue weighted by atomic mass is 16.5. The molecule has 0 fully saturated rings. The molecule has 0 radical (unpaired) electrons. The van der Waals surface area contributed by atoms with Crippen molar-refractivity contribution < 1.29 is 9.53 Å². The van der Waals surface area contributed by atoms with Gasteiger partial charge in [-0.3, -0.25) is 4.79 Å². The van der Waals surface area contributed by atoms with Gasteiger partial charge in [0.1, 0.15) is 5.75 Å². The number of hydrogen-bond donors (Lipinski definition) is 0. The van der Waals surface area contributed by atoms with E-state index in [9.17, 15) is 4.79 Å². The van der Waals surface area contributed by atoms with Gasteiger partial charge in [-0.05, 0) is 38.0 Å². The van der Waals surface area contributed by atoms with Crippen molar-refractivity contribution >= 4 is 5.78 Å². The predicted octanol–water partition coefficient (Wildman–Crippen LogP) is 4.01. The van der Waals surface area contributed by atoms with Crippen LogP contribution < -0.4 is 4.74 Å². The van der Waals surface area contributed by atoms with Crippen LogP contribution in [0.15, 0.2) is 35.9 Å². The van der Waals surface area contributed by atoms with Gasteiger partial charge in [-0.2, -0.15) is 0 Å². The molecule has 0 aliphatic carbocycles. The van der Waals surface area contributed by atoms with E-state index in [1.807, 2.05) is 25.1 Å². The van der Waals surface area contributed by atoms with Gasteiger partial charge >= 0.3 is 0 Å². The minimum Gasteiger partial charge on any atom is -0.494 e. The van der Waals surface area contributed by atoms with Crippen LogP contribution in [0, 0.1) is 0 Å². The molecule has 0 aliphatic heterocycles. The van der Waals surface area contributed by atoms with Gasteiger partial charge in [0.15, 0.2) is 5.78 Å². The van der Waals surface area contributed by atoms with Gasteiger partial charge in [0.2, 0.25) is 0 Å². The average Bonchev–Trinajstić information content (AvgIpc) is 2.36. The maximum absolute atomic E-state index is 12.0. The Morgan fingerprint density at radius 2 is 1.94 bits per heavy atom. The summed E-state index contributed by atoms with van der Waals surface area (Å²) in [7, 11) is 0. The van der Waals surface area contributed by atoms with Crippen LogP contribution in [0.5, 0.6) is 5.75 Å². The molecule has 0 amide bonds. The van der Waals surface area contributed by atoms with Gasteiger partial charge < -0.3 is 4.74 Å². The second kappa shape index (κ2) is 6.89. The highest BCUT2D eigenvalue weighted by Gasteiger charge is 2.05. The molecule has 0 heterocycles. The van der Waals surface area contributed by atoms with Crippen LogP contribution in [-0.4, -0.2) is 12.4 Å². The third kappa shape index (κ3) is 4.06. The zero-order valence-electron chi connectivity index (χ0n) is 10.8. The first kappa shape index (κ1) is 13.5. The lowest BCUT2D eigenvalue weighted by Crippen LogP contribution is -1.98. The Bertz CT molecular complexity index is 399. The summed E-state index contributed by atoms with van der Waals surface area (Å²) in [4.78, 5) is 12.0. The first-order valence-corrected chi connectivity index (χ1v) is 6.17. The van der Waals surface area contributed by atoms with Crippen LogP contribution in [0.2, 0.25) is 0 Å². The number of carbonyl (C=O) groups excluding carboxylic acids is 1. The molecule has 0 N–H and O–H groups in total. The normalized spacial score (nSPS) is 9.82. The Balaban J connectivity index is 2.88. The van der Waals surface area contributed by atoms with Gasteiger partial charge in [-0.15, -0.1) is 0 Å². The molecule has 0 aliphatic rings. The van der Waals surface area contributed by atoms with Crippen molar-refractivity contribution in [3.63, 3.8) is 0 Å². The number of ketones is 1. The zero-order valence-corrected chi connectivity index (χ0v) is 10.8. The topological polar surface area (TPSA) is 26.3 Å². The summed E-state index contributed by atoms with van der Waals surface area (Å²) in [5.74, 6) is 0.812. The fourth-order valence-electron chi connectivity index (χ4n) is 1.63. The van der Waals surface area contributed by atoms with Crippen LogP contribution >= 0.6 is 0 Å². The molecule has 0 spiro atoms. The third-order valence-corrected chi connectivity index (χ3v) is 2.67. The maximum atomic E-state index is 12.0. The summed E-state index contributed by atoms with van der Waals surface area (Å²) in [6.07, 6.45) is 3.59. The summed E-state index contributed by atoms with van der Waals surface area (Å²) >= 11 is 0. The summed E-state index contributed by atoms with van der Waals surface area (Å²) in [6, 6.07) is 7.34. The Kier molecular flexibility index (Phi) is 5.47. The van der Waals surface area contributed by atoms with Crippen LogP contribution in [0.25, 0.3) is 0 Å². The maximum Gasteiger partial charge on any atom is 0.185 e. The van der Waals surface area contributed by atoms with Crippen molar-refractivity contribution in [3.8, 4) is 5.75 Å². The van der Waals surface area contributed by atoms with E-state index in [4.69, 9.17) is 4.74 Å². The highest BCUT2D eigenvalue weighted by Crippen LogP contribution is 2.15. The van der Waals surface area contributed by atoms with Crippen LogP contribution in [0.1, 0.15) is 44.0 Å². The molecule has 0 saturated carbocycles. The van der Waals surface area contributed by atoms with Crippen molar-refractivity contribution in [1.82, 2.24) is 0 Å². The molecule has 92 valence electrons. The monoisotopic (exact) mass is 232 g/mol. The molecular formula is C15H20O2. The number of carbonyl (C=O) groups is 1. The average molecular weight is 232 g/mol.